The van der Waals surface area contributed by atoms with Crippen molar-refractivity contribution in [1.82, 2.24) is 15.1 Å². The van der Waals surface area contributed by atoms with E-state index in [1.165, 1.54) is 12.3 Å². The lowest BCUT2D eigenvalue weighted by Gasteiger charge is -2.26. The molecule has 1 heterocycles. The van der Waals surface area contributed by atoms with E-state index in [-0.39, 0.29) is 37.4 Å². The van der Waals surface area contributed by atoms with Crippen LogP contribution in [0.4, 0.5) is 10.2 Å². The van der Waals surface area contributed by atoms with Crippen molar-refractivity contribution in [3.8, 4) is 11.8 Å². The summed E-state index contributed by atoms with van der Waals surface area (Å²) in [5.41, 5.74) is 5.61. The Morgan fingerprint density at radius 1 is 1.02 bits per heavy atom. The van der Waals surface area contributed by atoms with Gasteiger partial charge in [0.2, 0.25) is 0 Å². The Labute approximate surface area is 246 Å². The average Bonchev–Trinajstić information content (AvgIpc) is 2.98. The SMILES string of the molecule is CCCCCOC(=O)CC(NP(=O)(COC(CF)COc1nccc(N)n1)Oc1ccccc1)C(=O)OCCCCC. The number of nitrogens with two attached hydrogens (primary N) is 1. The Kier molecular flexibility index (Phi) is 16.4. The van der Waals surface area contributed by atoms with Gasteiger partial charge in [-0.05, 0) is 31.0 Å². The molecule has 0 aliphatic heterocycles. The van der Waals surface area contributed by atoms with E-state index < -0.39 is 51.0 Å². The highest BCUT2D eigenvalue weighted by molar-refractivity contribution is 7.57. The van der Waals surface area contributed by atoms with E-state index in [1.54, 1.807) is 30.3 Å². The van der Waals surface area contributed by atoms with Crippen LogP contribution >= 0.6 is 7.52 Å². The zero-order valence-corrected chi connectivity index (χ0v) is 25.1. The first kappa shape index (κ1) is 34.9. The second-order valence-corrected chi connectivity index (χ2v) is 11.5. The molecule has 0 saturated carbocycles. The van der Waals surface area contributed by atoms with Crippen molar-refractivity contribution in [1.29, 1.82) is 0 Å². The number of carbonyl (C=O) groups excluding carboxylic acids is 2. The van der Waals surface area contributed by atoms with Gasteiger partial charge in [0, 0.05) is 6.20 Å². The fraction of sp³-hybridized carbons (Fsp3) is 0.571. The Morgan fingerprint density at radius 3 is 2.36 bits per heavy atom. The summed E-state index contributed by atoms with van der Waals surface area (Å²) in [4.78, 5) is 33.4. The quantitative estimate of drug-likeness (QED) is 0.106. The monoisotopic (exact) mass is 612 g/mol. The molecule has 0 aliphatic rings. The third kappa shape index (κ3) is 14.1. The number of ether oxygens (including phenoxy) is 4. The molecule has 42 heavy (non-hydrogen) atoms. The van der Waals surface area contributed by atoms with Gasteiger partial charge in [0.25, 0.3) is 0 Å². The second kappa shape index (κ2) is 19.8. The number of nitrogen functional groups attached to an aromatic ring is 1. The maximum Gasteiger partial charge on any atom is 0.342 e. The van der Waals surface area contributed by atoms with E-state index in [0.717, 1.165) is 25.7 Å². The number of benzene rings is 1. The van der Waals surface area contributed by atoms with Crippen LogP contribution in [0.1, 0.15) is 58.8 Å². The first-order valence-corrected chi connectivity index (χ1v) is 15.9. The predicted molar refractivity (Wildman–Crippen MR) is 155 cm³/mol. The predicted octanol–water partition coefficient (Wildman–Crippen LogP) is 4.84. The lowest BCUT2D eigenvalue weighted by Crippen LogP contribution is -2.40. The van der Waals surface area contributed by atoms with Crippen molar-refractivity contribution in [2.24, 2.45) is 0 Å². The van der Waals surface area contributed by atoms with Gasteiger partial charge in [0.15, 0.2) is 0 Å². The molecule has 2 aromatic rings. The number of alkyl halides is 1. The fourth-order valence-corrected chi connectivity index (χ4v) is 5.20. The van der Waals surface area contributed by atoms with Crippen molar-refractivity contribution in [3.63, 3.8) is 0 Å². The molecule has 0 fully saturated rings. The molecule has 1 aromatic heterocycles. The van der Waals surface area contributed by atoms with Gasteiger partial charge in [-0.1, -0.05) is 57.7 Å². The van der Waals surface area contributed by atoms with Crippen LogP contribution in [0.15, 0.2) is 42.6 Å². The largest absolute Gasteiger partial charge is 0.466 e. The van der Waals surface area contributed by atoms with Crippen LogP contribution in [-0.2, 0) is 28.4 Å². The summed E-state index contributed by atoms with van der Waals surface area (Å²) >= 11 is 0. The minimum absolute atomic E-state index is 0.0813. The molecule has 0 saturated heterocycles. The van der Waals surface area contributed by atoms with Crippen LogP contribution in [0.2, 0.25) is 0 Å². The molecule has 0 radical (unpaired) electrons. The van der Waals surface area contributed by atoms with E-state index in [9.17, 15) is 18.5 Å². The number of nitrogens with zero attached hydrogens (tertiary/aromatic N) is 2. The number of rotatable bonds is 22. The molecular weight excluding hydrogens is 570 g/mol. The normalized spacial score (nSPS) is 13.9. The van der Waals surface area contributed by atoms with Gasteiger partial charge < -0.3 is 29.2 Å². The lowest BCUT2D eigenvalue weighted by molar-refractivity contribution is -0.152. The standard InChI is InChI=1S/C28H42FN4O8P/c1-3-5-10-16-37-26(34)18-24(27(35)38-17-11-6-4-2)33-42(36,41-22-12-8-7-9-13-22)21-40-23(19-29)20-39-28-31-15-14-25(30)32-28/h7-9,12-15,23-24H,3-6,10-11,16-21H2,1-2H3,(H,33,36)(H2,30,31,32). The van der Waals surface area contributed by atoms with Gasteiger partial charge in [-0.2, -0.15) is 4.98 Å². The summed E-state index contributed by atoms with van der Waals surface area (Å²) in [6.45, 7) is 3.04. The molecule has 2 rings (SSSR count). The number of anilines is 1. The van der Waals surface area contributed by atoms with E-state index in [0.29, 0.717) is 12.8 Å². The van der Waals surface area contributed by atoms with E-state index >= 15 is 0 Å². The average molecular weight is 613 g/mol. The number of carbonyl (C=O) groups is 2. The number of esters is 2. The van der Waals surface area contributed by atoms with Gasteiger partial charge in [0.05, 0.1) is 19.6 Å². The molecule has 0 aliphatic carbocycles. The minimum Gasteiger partial charge on any atom is -0.466 e. The molecule has 3 atom stereocenters. The highest BCUT2D eigenvalue weighted by atomic mass is 31.2. The van der Waals surface area contributed by atoms with Crippen LogP contribution in [0, 0.1) is 0 Å². The first-order valence-electron chi connectivity index (χ1n) is 14.1. The summed E-state index contributed by atoms with van der Waals surface area (Å²) in [7, 11) is -4.11. The highest BCUT2D eigenvalue weighted by Crippen LogP contribution is 2.44. The van der Waals surface area contributed by atoms with Gasteiger partial charge in [-0.25, -0.2) is 14.5 Å². The number of nitrogens with one attached hydrogen (secondary N) is 1. The molecule has 12 nitrogen and oxygen atoms in total. The van der Waals surface area contributed by atoms with E-state index in [1.807, 2.05) is 13.8 Å². The van der Waals surface area contributed by atoms with Gasteiger partial charge in [-0.15, -0.1) is 0 Å². The number of halogens is 1. The number of unbranched alkanes of at least 4 members (excludes halogenated alkanes) is 4. The van der Waals surface area contributed by atoms with Crippen molar-refractivity contribution in [2.45, 2.75) is 70.9 Å². The van der Waals surface area contributed by atoms with E-state index in [4.69, 9.17) is 29.2 Å². The van der Waals surface area contributed by atoms with Gasteiger partial charge >= 0.3 is 25.5 Å². The van der Waals surface area contributed by atoms with Gasteiger partial charge in [-0.3, -0.25) is 14.2 Å². The molecule has 0 amide bonds. The van der Waals surface area contributed by atoms with Crippen LogP contribution in [0.5, 0.6) is 11.8 Å². The lowest BCUT2D eigenvalue weighted by atomic mass is 10.2. The molecule has 3 unspecified atom stereocenters. The molecule has 0 spiro atoms. The zero-order chi connectivity index (χ0) is 30.6. The van der Waals surface area contributed by atoms with Crippen LogP contribution < -0.4 is 20.1 Å². The summed E-state index contributed by atoms with van der Waals surface area (Å²) in [5.74, 6) is -1.09. The number of hydrogen-bond acceptors (Lipinski definition) is 11. The maximum absolute atomic E-state index is 14.1. The Morgan fingerprint density at radius 2 is 1.71 bits per heavy atom. The molecule has 234 valence electrons. The number of aromatic nitrogens is 2. The number of hydrogen-bond donors (Lipinski definition) is 2. The maximum atomic E-state index is 14.1. The summed E-state index contributed by atoms with van der Waals surface area (Å²) < 4.78 is 55.2. The second-order valence-electron chi connectivity index (χ2n) is 9.41. The molecule has 3 N–H and O–H groups in total. The fourth-order valence-electron chi connectivity index (χ4n) is 3.48. The van der Waals surface area contributed by atoms with Crippen LogP contribution in [0.25, 0.3) is 0 Å². The van der Waals surface area contributed by atoms with Crippen LogP contribution in [0.3, 0.4) is 0 Å². The smallest absolute Gasteiger partial charge is 0.342 e. The van der Waals surface area contributed by atoms with Crippen molar-refractivity contribution in [2.75, 3.05) is 38.6 Å². The topological polar surface area (TPSA) is 161 Å². The Balaban J connectivity index is 2.17. The number of para-hydroxylation sites is 1. The van der Waals surface area contributed by atoms with Gasteiger partial charge in [0.1, 0.15) is 43.3 Å². The molecule has 14 heteroatoms. The zero-order valence-electron chi connectivity index (χ0n) is 24.2. The van der Waals surface area contributed by atoms with Crippen molar-refractivity contribution in [3.05, 3.63) is 42.6 Å². The Hall–Kier alpha value is -3.28. The minimum atomic E-state index is -4.11. The van der Waals surface area contributed by atoms with Crippen LogP contribution in [-0.4, -0.2) is 66.9 Å². The van der Waals surface area contributed by atoms with Crippen molar-refractivity contribution >= 4 is 25.3 Å². The summed E-state index contributed by atoms with van der Waals surface area (Å²) in [5, 5.41) is 2.64. The third-order valence-electron chi connectivity index (χ3n) is 5.71. The van der Waals surface area contributed by atoms with E-state index in [2.05, 4.69) is 15.1 Å². The first-order chi connectivity index (χ1) is 20.3. The third-order valence-corrected chi connectivity index (χ3v) is 7.41. The summed E-state index contributed by atoms with van der Waals surface area (Å²) in [6.07, 6.45) is 3.99. The molecule has 1 aromatic carbocycles. The highest BCUT2D eigenvalue weighted by Gasteiger charge is 2.36. The Bertz CT molecular complexity index is 1110. The van der Waals surface area contributed by atoms with Crippen molar-refractivity contribution < 1.29 is 42.0 Å². The molecular formula is C28H42FN4O8P. The molecule has 0 bridgehead atoms. The summed E-state index contributed by atoms with van der Waals surface area (Å²) in [6, 6.07) is 8.19.